The van der Waals surface area contributed by atoms with E-state index in [0.717, 1.165) is 55.7 Å². The molecule has 1 aliphatic heterocycles. The van der Waals surface area contributed by atoms with Crippen LogP contribution in [0.2, 0.25) is 0 Å². The monoisotopic (exact) mass is 436 g/mol. The molecular weight excluding hydrogens is 415 g/mol. The molecule has 0 aromatic heterocycles. The zero-order chi connectivity index (χ0) is 21.9. The van der Waals surface area contributed by atoms with Crippen LogP contribution in [0.15, 0.2) is 117 Å². The highest BCUT2D eigenvalue weighted by Gasteiger charge is 2.19. The highest BCUT2D eigenvalue weighted by atomic mass is 32.2. The number of hydrogen-bond donors (Lipinski definition) is 0. The number of nitrogens with zero attached hydrogens (tertiary/aromatic N) is 2. The molecule has 4 heteroatoms. The van der Waals surface area contributed by atoms with Gasteiger partial charge in [-0.1, -0.05) is 61.2 Å². The SMILES string of the molecule is CCC(=Nc1ccccc1)c1ccc2c(c1)N=C(c1ccc(F)cc1)c1ccccc1S2. The zero-order valence-corrected chi connectivity index (χ0v) is 18.4. The molecule has 0 fully saturated rings. The molecule has 2 nitrogen and oxygen atoms in total. The molecule has 1 aliphatic rings. The summed E-state index contributed by atoms with van der Waals surface area (Å²) in [5.74, 6) is -0.252. The predicted molar refractivity (Wildman–Crippen MR) is 132 cm³/mol. The van der Waals surface area contributed by atoms with E-state index < -0.39 is 0 Å². The standard InChI is InChI=1S/C28H21FN2S/c1-2-24(30-22-8-4-3-5-9-22)20-14-17-27-25(18-20)31-28(19-12-15-21(29)16-13-19)23-10-6-7-11-26(23)32-27/h3-18H,2H2,1H3. The lowest BCUT2D eigenvalue weighted by Gasteiger charge is -2.09. The van der Waals surface area contributed by atoms with Crippen LogP contribution >= 0.6 is 11.8 Å². The molecule has 0 atom stereocenters. The maximum absolute atomic E-state index is 13.6. The van der Waals surface area contributed by atoms with E-state index in [-0.39, 0.29) is 5.82 Å². The Morgan fingerprint density at radius 2 is 1.59 bits per heavy atom. The summed E-state index contributed by atoms with van der Waals surface area (Å²) in [7, 11) is 0. The number of fused-ring (bicyclic) bond motifs is 2. The summed E-state index contributed by atoms with van der Waals surface area (Å²) in [6, 6.07) is 31.2. The molecule has 0 unspecified atom stereocenters. The fourth-order valence-corrected chi connectivity index (χ4v) is 4.76. The number of para-hydroxylation sites is 1. The predicted octanol–water partition coefficient (Wildman–Crippen LogP) is 7.99. The van der Waals surface area contributed by atoms with Crippen molar-refractivity contribution >= 4 is 34.6 Å². The van der Waals surface area contributed by atoms with E-state index in [9.17, 15) is 4.39 Å². The molecule has 0 amide bonds. The zero-order valence-electron chi connectivity index (χ0n) is 17.6. The van der Waals surface area contributed by atoms with Gasteiger partial charge in [0.05, 0.1) is 17.1 Å². The van der Waals surface area contributed by atoms with E-state index in [2.05, 4.69) is 37.3 Å². The minimum absolute atomic E-state index is 0.252. The van der Waals surface area contributed by atoms with Gasteiger partial charge in [0.25, 0.3) is 0 Å². The van der Waals surface area contributed by atoms with E-state index in [0.29, 0.717) is 0 Å². The third kappa shape index (κ3) is 4.14. The van der Waals surface area contributed by atoms with Gasteiger partial charge in [-0.05, 0) is 66.6 Å². The summed E-state index contributed by atoms with van der Waals surface area (Å²) in [6.45, 7) is 2.12. The van der Waals surface area contributed by atoms with Gasteiger partial charge in [-0.15, -0.1) is 0 Å². The molecule has 0 bridgehead atoms. The molecule has 5 rings (SSSR count). The molecule has 32 heavy (non-hydrogen) atoms. The number of aliphatic imine (C=N–C) groups is 2. The second-order valence-electron chi connectivity index (χ2n) is 7.50. The Morgan fingerprint density at radius 1 is 0.844 bits per heavy atom. The van der Waals surface area contributed by atoms with E-state index in [1.54, 1.807) is 23.9 Å². The van der Waals surface area contributed by atoms with Crippen LogP contribution in [0, 0.1) is 5.82 Å². The maximum Gasteiger partial charge on any atom is 0.123 e. The van der Waals surface area contributed by atoms with Gasteiger partial charge in [0.2, 0.25) is 0 Å². The number of benzene rings is 4. The van der Waals surface area contributed by atoms with Gasteiger partial charge < -0.3 is 0 Å². The second kappa shape index (κ2) is 8.93. The smallest absolute Gasteiger partial charge is 0.123 e. The molecule has 156 valence electrons. The number of halogens is 1. The first-order valence-electron chi connectivity index (χ1n) is 10.6. The van der Waals surface area contributed by atoms with Crippen LogP contribution in [0.5, 0.6) is 0 Å². The molecule has 1 heterocycles. The van der Waals surface area contributed by atoms with Gasteiger partial charge in [0.15, 0.2) is 0 Å². The normalized spacial score (nSPS) is 13.1. The maximum atomic E-state index is 13.6. The van der Waals surface area contributed by atoms with Crippen molar-refractivity contribution in [2.45, 2.75) is 23.1 Å². The van der Waals surface area contributed by atoms with Gasteiger partial charge in [0, 0.05) is 26.6 Å². The van der Waals surface area contributed by atoms with Gasteiger partial charge in [0.1, 0.15) is 5.82 Å². The highest BCUT2D eigenvalue weighted by molar-refractivity contribution is 7.99. The second-order valence-corrected chi connectivity index (χ2v) is 8.58. The Morgan fingerprint density at radius 3 is 2.38 bits per heavy atom. The lowest BCUT2D eigenvalue weighted by atomic mass is 10.0. The molecule has 0 N–H and O–H groups in total. The Balaban J connectivity index is 1.65. The van der Waals surface area contributed by atoms with E-state index in [4.69, 9.17) is 9.98 Å². The molecule has 0 spiro atoms. The van der Waals surface area contributed by atoms with Crippen LogP contribution in [0.3, 0.4) is 0 Å². The molecule has 0 saturated heterocycles. The van der Waals surface area contributed by atoms with E-state index in [1.165, 1.54) is 12.1 Å². The number of rotatable bonds is 4. The minimum atomic E-state index is -0.252. The van der Waals surface area contributed by atoms with Crippen molar-refractivity contribution in [3.05, 3.63) is 120 Å². The lowest BCUT2D eigenvalue weighted by molar-refractivity contribution is 0.628. The quantitative estimate of drug-likeness (QED) is 0.262. The van der Waals surface area contributed by atoms with Crippen LogP contribution < -0.4 is 0 Å². The average molecular weight is 437 g/mol. The Labute approximate surface area is 191 Å². The van der Waals surface area contributed by atoms with Crippen molar-refractivity contribution < 1.29 is 4.39 Å². The third-order valence-electron chi connectivity index (χ3n) is 5.36. The van der Waals surface area contributed by atoms with E-state index in [1.807, 2.05) is 42.5 Å². The van der Waals surface area contributed by atoms with Crippen molar-refractivity contribution in [3.8, 4) is 0 Å². The molecule has 4 aromatic carbocycles. The van der Waals surface area contributed by atoms with Crippen LogP contribution in [-0.4, -0.2) is 11.4 Å². The molecular formula is C28H21FN2S. The molecule has 0 aliphatic carbocycles. The van der Waals surface area contributed by atoms with Crippen LogP contribution in [0.25, 0.3) is 0 Å². The fraction of sp³-hybridized carbons (Fsp3) is 0.0714. The average Bonchev–Trinajstić information content (AvgIpc) is 3.00. The Bertz CT molecular complexity index is 1330. The van der Waals surface area contributed by atoms with Crippen LogP contribution in [0.1, 0.15) is 30.0 Å². The van der Waals surface area contributed by atoms with Gasteiger partial charge in [-0.3, -0.25) is 4.99 Å². The first kappa shape index (κ1) is 20.4. The number of hydrogen-bond acceptors (Lipinski definition) is 3. The summed E-state index contributed by atoms with van der Waals surface area (Å²) >= 11 is 1.71. The van der Waals surface area contributed by atoms with Crippen LogP contribution in [-0.2, 0) is 0 Å². The van der Waals surface area contributed by atoms with Gasteiger partial charge >= 0.3 is 0 Å². The van der Waals surface area contributed by atoms with E-state index >= 15 is 0 Å². The molecule has 4 aromatic rings. The highest BCUT2D eigenvalue weighted by Crippen LogP contribution is 2.41. The first-order valence-corrected chi connectivity index (χ1v) is 11.4. The fourth-order valence-electron chi connectivity index (χ4n) is 3.75. The minimum Gasteiger partial charge on any atom is -0.253 e. The van der Waals surface area contributed by atoms with Crippen molar-refractivity contribution in [2.24, 2.45) is 9.98 Å². The third-order valence-corrected chi connectivity index (χ3v) is 6.50. The van der Waals surface area contributed by atoms with Crippen molar-refractivity contribution in [3.63, 3.8) is 0 Å². The Kier molecular flexibility index (Phi) is 5.70. The van der Waals surface area contributed by atoms with Crippen LogP contribution in [0.4, 0.5) is 15.8 Å². The first-order chi connectivity index (χ1) is 15.7. The lowest BCUT2D eigenvalue weighted by Crippen LogP contribution is -2.04. The molecule has 0 saturated carbocycles. The van der Waals surface area contributed by atoms with Gasteiger partial charge in [-0.2, -0.15) is 0 Å². The Hall–Kier alpha value is -3.50. The topological polar surface area (TPSA) is 24.7 Å². The van der Waals surface area contributed by atoms with Crippen molar-refractivity contribution in [1.82, 2.24) is 0 Å². The summed E-state index contributed by atoms with van der Waals surface area (Å²) in [6.07, 6.45) is 0.815. The largest absolute Gasteiger partial charge is 0.253 e. The summed E-state index contributed by atoms with van der Waals surface area (Å²) in [5.41, 5.74) is 6.71. The van der Waals surface area contributed by atoms with Gasteiger partial charge in [-0.25, -0.2) is 9.38 Å². The summed E-state index contributed by atoms with van der Waals surface area (Å²) in [4.78, 5) is 12.2. The summed E-state index contributed by atoms with van der Waals surface area (Å²) < 4.78 is 13.6. The summed E-state index contributed by atoms with van der Waals surface area (Å²) in [5, 5.41) is 0. The van der Waals surface area contributed by atoms with Crippen molar-refractivity contribution in [2.75, 3.05) is 0 Å². The van der Waals surface area contributed by atoms with Crippen molar-refractivity contribution in [1.29, 1.82) is 0 Å². The molecule has 0 radical (unpaired) electrons.